The fourth-order valence-electron chi connectivity index (χ4n) is 1.10. The molecule has 2 aromatic rings. The van der Waals surface area contributed by atoms with E-state index in [2.05, 4.69) is 9.97 Å². The summed E-state index contributed by atoms with van der Waals surface area (Å²) < 4.78 is 12.6. The molecule has 1 aromatic carbocycles. The van der Waals surface area contributed by atoms with E-state index in [1.54, 1.807) is 24.5 Å². The van der Waals surface area contributed by atoms with Crippen LogP contribution in [0.25, 0.3) is 11.1 Å². The van der Waals surface area contributed by atoms with Gasteiger partial charge in [0.2, 0.25) is 5.28 Å². The molecule has 0 amide bonds. The van der Waals surface area contributed by atoms with E-state index >= 15 is 0 Å². The van der Waals surface area contributed by atoms with E-state index in [1.807, 2.05) is 0 Å². The number of halogens is 2. The van der Waals surface area contributed by atoms with E-state index in [0.717, 1.165) is 11.1 Å². The monoisotopic (exact) mass is 208 g/mol. The first kappa shape index (κ1) is 9.09. The molecule has 0 atom stereocenters. The van der Waals surface area contributed by atoms with Gasteiger partial charge in [-0.25, -0.2) is 14.4 Å². The van der Waals surface area contributed by atoms with E-state index in [-0.39, 0.29) is 11.1 Å². The van der Waals surface area contributed by atoms with Gasteiger partial charge in [-0.3, -0.25) is 0 Å². The number of hydrogen-bond acceptors (Lipinski definition) is 2. The van der Waals surface area contributed by atoms with Gasteiger partial charge in [-0.1, -0.05) is 12.1 Å². The Balaban J connectivity index is 2.40. The number of benzene rings is 1. The zero-order valence-corrected chi connectivity index (χ0v) is 7.87. The Morgan fingerprint density at radius 1 is 0.929 bits per heavy atom. The SMILES string of the molecule is Fc1ccc(-c2cnc(Cl)nc2)cc1. The third-order valence-electron chi connectivity index (χ3n) is 1.80. The van der Waals surface area contributed by atoms with Crippen LogP contribution in [0, 0.1) is 5.82 Å². The second-order valence-electron chi connectivity index (χ2n) is 2.75. The van der Waals surface area contributed by atoms with Crippen LogP contribution in [0.4, 0.5) is 4.39 Å². The van der Waals surface area contributed by atoms with E-state index in [0.29, 0.717) is 0 Å². The van der Waals surface area contributed by atoms with Gasteiger partial charge in [0.05, 0.1) is 0 Å². The van der Waals surface area contributed by atoms with Gasteiger partial charge in [0.15, 0.2) is 0 Å². The largest absolute Gasteiger partial charge is 0.226 e. The summed E-state index contributed by atoms with van der Waals surface area (Å²) in [5.41, 5.74) is 1.68. The highest BCUT2D eigenvalue weighted by Crippen LogP contribution is 2.18. The molecule has 0 fully saturated rings. The summed E-state index contributed by atoms with van der Waals surface area (Å²) in [5, 5.41) is 0.205. The topological polar surface area (TPSA) is 25.8 Å². The molecule has 0 aliphatic heterocycles. The van der Waals surface area contributed by atoms with Gasteiger partial charge in [0, 0.05) is 18.0 Å². The maximum Gasteiger partial charge on any atom is 0.222 e. The predicted octanol–water partition coefficient (Wildman–Crippen LogP) is 2.94. The smallest absolute Gasteiger partial charge is 0.222 e. The lowest BCUT2D eigenvalue weighted by Gasteiger charge is -1.99. The number of aromatic nitrogens is 2. The molecular formula is C10H6ClFN2. The maximum atomic E-state index is 12.6. The van der Waals surface area contributed by atoms with Gasteiger partial charge in [0.1, 0.15) is 5.82 Å². The van der Waals surface area contributed by atoms with Crippen molar-refractivity contribution in [2.45, 2.75) is 0 Å². The number of hydrogen-bond donors (Lipinski definition) is 0. The Kier molecular flexibility index (Phi) is 2.41. The molecule has 0 aliphatic rings. The zero-order valence-electron chi connectivity index (χ0n) is 7.11. The molecule has 0 radical (unpaired) electrons. The Labute approximate surface area is 85.4 Å². The molecule has 2 rings (SSSR count). The van der Waals surface area contributed by atoms with Crippen LogP contribution in [-0.4, -0.2) is 9.97 Å². The van der Waals surface area contributed by atoms with Crippen molar-refractivity contribution in [2.24, 2.45) is 0 Å². The van der Waals surface area contributed by atoms with Crippen LogP contribution in [-0.2, 0) is 0 Å². The van der Waals surface area contributed by atoms with Crippen molar-refractivity contribution in [1.82, 2.24) is 9.97 Å². The van der Waals surface area contributed by atoms with E-state index in [9.17, 15) is 4.39 Å². The molecule has 70 valence electrons. The van der Waals surface area contributed by atoms with Crippen molar-refractivity contribution in [3.63, 3.8) is 0 Å². The second kappa shape index (κ2) is 3.72. The third kappa shape index (κ3) is 1.88. The van der Waals surface area contributed by atoms with Crippen LogP contribution in [0.2, 0.25) is 5.28 Å². The van der Waals surface area contributed by atoms with Crippen LogP contribution in [0.15, 0.2) is 36.7 Å². The second-order valence-corrected chi connectivity index (χ2v) is 3.09. The lowest BCUT2D eigenvalue weighted by atomic mass is 10.1. The quantitative estimate of drug-likeness (QED) is 0.674. The van der Waals surface area contributed by atoms with E-state index < -0.39 is 0 Å². The number of nitrogens with zero attached hydrogens (tertiary/aromatic N) is 2. The molecule has 0 saturated heterocycles. The van der Waals surface area contributed by atoms with Crippen LogP contribution < -0.4 is 0 Å². The molecule has 0 spiro atoms. The minimum atomic E-state index is -0.261. The predicted molar refractivity (Wildman–Crippen MR) is 52.4 cm³/mol. The summed E-state index contributed by atoms with van der Waals surface area (Å²) in [5.74, 6) is -0.261. The zero-order chi connectivity index (χ0) is 9.97. The average molecular weight is 209 g/mol. The van der Waals surface area contributed by atoms with Crippen molar-refractivity contribution in [2.75, 3.05) is 0 Å². The summed E-state index contributed by atoms with van der Waals surface area (Å²) in [6.07, 6.45) is 3.20. The first-order valence-corrected chi connectivity index (χ1v) is 4.37. The highest BCUT2D eigenvalue weighted by Gasteiger charge is 1.98. The summed E-state index contributed by atoms with van der Waals surface area (Å²) in [6, 6.07) is 6.12. The standard InChI is InChI=1S/C10H6ClFN2/c11-10-13-5-8(6-14-10)7-1-3-9(12)4-2-7/h1-6H. The molecule has 0 unspecified atom stereocenters. The van der Waals surface area contributed by atoms with Crippen LogP contribution in [0.3, 0.4) is 0 Å². The molecule has 0 saturated carbocycles. The van der Waals surface area contributed by atoms with E-state index in [4.69, 9.17) is 11.6 Å². The molecule has 1 heterocycles. The molecule has 2 nitrogen and oxygen atoms in total. The molecule has 0 aliphatic carbocycles. The van der Waals surface area contributed by atoms with Gasteiger partial charge in [-0.2, -0.15) is 0 Å². The Hall–Kier alpha value is -1.48. The van der Waals surface area contributed by atoms with Crippen molar-refractivity contribution in [1.29, 1.82) is 0 Å². The molecule has 0 N–H and O–H groups in total. The van der Waals surface area contributed by atoms with Gasteiger partial charge >= 0.3 is 0 Å². The number of rotatable bonds is 1. The van der Waals surface area contributed by atoms with Gasteiger partial charge < -0.3 is 0 Å². The van der Waals surface area contributed by atoms with Crippen molar-refractivity contribution >= 4 is 11.6 Å². The van der Waals surface area contributed by atoms with Crippen molar-refractivity contribution in [3.8, 4) is 11.1 Å². The summed E-state index contributed by atoms with van der Waals surface area (Å²) in [6.45, 7) is 0. The minimum absolute atomic E-state index is 0.205. The third-order valence-corrected chi connectivity index (χ3v) is 1.99. The highest BCUT2D eigenvalue weighted by atomic mass is 35.5. The summed E-state index contributed by atoms with van der Waals surface area (Å²) in [4.78, 5) is 7.68. The summed E-state index contributed by atoms with van der Waals surface area (Å²) in [7, 11) is 0. The molecule has 14 heavy (non-hydrogen) atoms. The average Bonchev–Trinajstić information content (AvgIpc) is 2.21. The minimum Gasteiger partial charge on any atom is -0.226 e. The Bertz CT molecular complexity index is 381. The van der Waals surface area contributed by atoms with Crippen LogP contribution in [0.1, 0.15) is 0 Å². The highest BCUT2D eigenvalue weighted by molar-refractivity contribution is 6.28. The van der Waals surface area contributed by atoms with Crippen LogP contribution in [0.5, 0.6) is 0 Å². The lowest BCUT2D eigenvalue weighted by molar-refractivity contribution is 0.628. The first-order valence-electron chi connectivity index (χ1n) is 3.99. The fraction of sp³-hybridized carbons (Fsp3) is 0. The van der Waals surface area contributed by atoms with Crippen LogP contribution >= 0.6 is 11.6 Å². The Morgan fingerprint density at radius 3 is 2.07 bits per heavy atom. The normalized spacial score (nSPS) is 10.1. The molecular weight excluding hydrogens is 203 g/mol. The fourth-order valence-corrected chi connectivity index (χ4v) is 1.20. The molecule has 4 heteroatoms. The first-order chi connectivity index (χ1) is 6.75. The molecule has 0 bridgehead atoms. The van der Waals surface area contributed by atoms with Gasteiger partial charge in [0.25, 0.3) is 0 Å². The van der Waals surface area contributed by atoms with E-state index in [1.165, 1.54) is 12.1 Å². The van der Waals surface area contributed by atoms with Crippen molar-refractivity contribution in [3.05, 3.63) is 47.8 Å². The lowest BCUT2D eigenvalue weighted by Crippen LogP contribution is -1.84. The van der Waals surface area contributed by atoms with Gasteiger partial charge in [-0.05, 0) is 29.3 Å². The Morgan fingerprint density at radius 2 is 1.50 bits per heavy atom. The van der Waals surface area contributed by atoms with Gasteiger partial charge in [-0.15, -0.1) is 0 Å². The molecule has 1 aromatic heterocycles. The summed E-state index contributed by atoms with van der Waals surface area (Å²) >= 11 is 5.54. The maximum absolute atomic E-state index is 12.6. The van der Waals surface area contributed by atoms with Crippen molar-refractivity contribution < 1.29 is 4.39 Å².